The van der Waals surface area contributed by atoms with Crippen molar-refractivity contribution in [1.29, 1.82) is 5.26 Å². The third kappa shape index (κ3) is 5.41. The van der Waals surface area contributed by atoms with Gasteiger partial charge in [-0.1, -0.05) is 25.4 Å². The Kier molecular flexibility index (Phi) is 7.83. The van der Waals surface area contributed by atoms with Gasteiger partial charge in [0.15, 0.2) is 0 Å². The number of halogens is 2. The van der Waals surface area contributed by atoms with E-state index < -0.39 is 15.6 Å². The lowest BCUT2D eigenvalue weighted by atomic mass is 9.92. The van der Waals surface area contributed by atoms with Gasteiger partial charge in [0.25, 0.3) is 0 Å². The van der Waals surface area contributed by atoms with Crippen LogP contribution in [-0.4, -0.2) is 20.5 Å². The lowest BCUT2D eigenvalue weighted by Gasteiger charge is -2.30. The number of nitrogens with two attached hydrogens (primary N) is 1. The van der Waals surface area contributed by atoms with Crippen LogP contribution in [0.3, 0.4) is 0 Å². The molecule has 0 amide bonds. The molecule has 22 heavy (non-hydrogen) atoms. The molecule has 0 heterocycles. The number of nitriles is 1. The summed E-state index contributed by atoms with van der Waals surface area (Å²) in [6.45, 7) is 5.94. The first-order valence-electron chi connectivity index (χ1n) is 6.57. The first-order valence-corrected chi connectivity index (χ1v) is 8.43. The van der Waals surface area contributed by atoms with Gasteiger partial charge < -0.3 is 5.73 Å². The van der Waals surface area contributed by atoms with Crippen molar-refractivity contribution in [1.82, 2.24) is 4.72 Å². The van der Waals surface area contributed by atoms with Gasteiger partial charge in [-0.15, -0.1) is 12.4 Å². The highest BCUT2D eigenvalue weighted by molar-refractivity contribution is 7.89. The number of hydrogen-bond acceptors (Lipinski definition) is 4. The number of nitrogens with one attached hydrogen (secondary N) is 1. The molecule has 0 aromatic heterocycles. The second-order valence-corrected chi connectivity index (χ2v) is 7.78. The van der Waals surface area contributed by atoms with Gasteiger partial charge in [0, 0.05) is 12.1 Å². The van der Waals surface area contributed by atoms with E-state index in [9.17, 15) is 8.42 Å². The summed E-state index contributed by atoms with van der Waals surface area (Å²) in [5, 5.41) is 8.81. The third-order valence-corrected chi connectivity index (χ3v) is 5.16. The van der Waals surface area contributed by atoms with Crippen molar-refractivity contribution in [3.8, 4) is 6.07 Å². The highest BCUT2D eigenvalue weighted by Gasteiger charge is 2.31. The van der Waals surface area contributed by atoms with E-state index in [1.165, 1.54) is 18.2 Å². The van der Waals surface area contributed by atoms with E-state index in [0.29, 0.717) is 12.0 Å². The molecule has 0 saturated carbocycles. The smallest absolute Gasteiger partial charge is 0.242 e. The van der Waals surface area contributed by atoms with Gasteiger partial charge in [-0.25, -0.2) is 13.1 Å². The Hall–Kier alpha value is -0.840. The summed E-state index contributed by atoms with van der Waals surface area (Å²) < 4.78 is 27.6. The second-order valence-electron chi connectivity index (χ2n) is 5.73. The summed E-state index contributed by atoms with van der Waals surface area (Å²) in [5.41, 5.74) is 5.28. The monoisotopic (exact) mass is 365 g/mol. The summed E-state index contributed by atoms with van der Waals surface area (Å²) >= 11 is 5.97. The van der Waals surface area contributed by atoms with E-state index in [4.69, 9.17) is 22.6 Å². The summed E-state index contributed by atoms with van der Waals surface area (Å²) in [5.74, 6) is 0.290. The van der Waals surface area contributed by atoms with Crippen LogP contribution in [0.5, 0.6) is 0 Å². The molecule has 1 aromatic rings. The molecule has 0 bridgehead atoms. The van der Waals surface area contributed by atoms with E-state index >= 15 is 0 Å². The minimum Gasteiger partial charge on any atom is -0.329 e. The molecule has 124 valence electrons. The van der Waals surface area contributed by atoms with Crippen molar-refractivity contribution in [3.63, 3.8) is 0 Å². The highest BCUT2D eigenvalue weighted by atomic mass is 35.5. The molecule has 1 unspecified atom stereocenters. The Morgan fingerprint density at radius 3 is 2.45 bits per heavy atom. The minimum atomic E-state index is -3.80. The van der Waals surface area contributed by atoms with Gasteiger partial charge in [-0.2, -0.15) is 5.26 Å². The van der Waals surface area contributed by atoms with E-state index in [0.717, 1.165) is 0 Å². The number of sulfonamides is 1. The molecule has 8 heteroatoms. The average molecular weight is 366 g/mol. The highest BCUT2D eigenvalue weighted by Crippen LogP contribution is 2.25. The van der Waals surface area contributed by atoms with Gasteiger partial charge in [-0.05, 0) is 37.5 Å². The summed E-state index contributed by atoms with van der Waals surface area (Å²) in [6, 6.07) is 5.99. The molecule has 1 rings (SSSR count). The van der Waals surface area contributed by atoms with Gasteiger partial charge in [0.05, 0.1) is 16.7 Å². The van der Waals surface area contributed by atoms with E-state index in [-0.39, 0.29) is 34.8 Å². The van der Waals surface area contributed by atoms with Crippen LogP contribution >= 0.6 is 24.0 Å². The molecule has 0 fully saturated rings. The van der Waals surface area contributed by atoms with Crippen molar-refractivity contribution in [3.05, 3.63) is 28.8 Å². The van der Waals surface area contributed by atoms with E-state index in [1.807, 2.05) is 19.9 Å². The van der Waals surface area contributed by atoms with Crippen LogP contribution in [-0.2, 0) is 10.0 Å². The Morgan fingerprint density at radius 2 is 2.05 bits per heavy atom. The summed E-state index contributed by atoms with van der Waals surface area (Å²) in [6.07, 6.45) is 0.608. The van der Waals surface area contributed by atoms with Crippen molar-refractivity contribution >= 4 is 34.0 Å². The Morgan fingerprint density at radius 1 is 1.45 bits per heavy atom. The zero-order chi connectivity index (χ0) is 16.3. The van der Waals surface area contributed by atoms with Crippen molar-refractivity contribution in [2.45, 2.75) is 37.6 Å². The minimum absolute atomic E-state index is 0. The van der Waals surface area contributed by atoms with Crippen LogP contribution in [0.15, 0.2) is 23.1 Å². The zero-order valence-corrected chi connectivity index (χ0v) is 15.1. The topological polar surface area (TPSA) is 96.0 Å². The predicted octanol–water partition coefficient (Wildman–Crippen LogP) is 2.68. The van der Waals surface area contributed by atoms with Crippen LogP contribution in [0.2, 0.25) is 5.02 Å². The lowest BCUT2D eigenvalue weighted by molar-refractivity contribution is 0.344. The maximum Gasteiger partial charge on any atom is 0.242 e. The number of hydrogen-bond donors (Lipinski definition) is 2. The molecule has 0 aliphatic heterocycles. The fourth-order valence-electron chi connectivity index (χ4n) is 2.24. The Bertz CT molecular complexity index is 657. The van der Waals surface area contributed by atoms with Crippen molar-refractivity contribution < 1.29 is 8.42 Å². The normalized spacial score (nSPS) is 14.0. The third-order valence-electron chi connectivity index (χ3n) is 3.04. The summed E-state index contributed by atoms with van der Waals surface area (Å²) in [7, 11) is -3.80. The van der Waals surface area contributed by atoms with E-state index in [2.05, 4.69) is 4.72 Å². The molecule has 0 spiro atoms. The standard InChI is InChI=1S/C14H20ClN3O2S.ClH/c1-10(2)7-14(3,9-17)18-21(19,20)13-5-4-11(8-16)6-12(13)15;/h4-6,10,18H,7,9,17H2,1-3H3;1H. The maximum absolute atomic E-state index is 12.5. The Balaban J connectivity index is 0.00000441. The first-order chi connectivity index (χ1) is 9.63. The Labute approximate surface area is 143 Å². The fraction of sp³-hybridized carbons (Fsp3) is 0.500. The molecular formula is C14H21Cl2N3O2S. The molecule has 0 aliphatic rings. The van der Waals surface area contributed by atoms with Gasteiger partial charge in [-0.3, -0.25) is 0 Å². The van der Waals surface area contributed by atoms with Crippen LogP contribution in [0.1, 0.15) is 32.8 Å². The van der Waals surface area contributed by atoms with Crippen molar-refractivity contribution in [2.24, 2.45) is 11.7 Å². The average Bonchev–Trinajstić information content (AvgIpc) is 2.36. The van der Waals surface area contributed by atoms with Gasteiger partial charge in [0.2, 0.25) is 10.0 Å². The SMILES string of the molecule is CC(C)CC(C)(CN)NS(=O)(=O)c1ccc(C#N)cc1Cl.Cl. The van der Waals surface area contributed by atoms with Crippen molar-refractivity contribution in [2.75, 3.05) is 6.54 Å². The van der Waals surface area contributed by atoms with Crippen LogP contribution in [0.25, 0.3) is 0 Å². The molecule has 0 aliphatic carbocycles. The van der Waals surface area contributed by atoms with Crippen LogP contribution in [0.4, 0.5) is 0 Å². The fourth-order valence-corrected chi connectivity index (χ4v) is 4.21. The molecule has 1 atom stereocenters. The predicted molar refractivity (Wildman–Crippen MR) is 90.7 cm³/mol. The van der Waals surface area contributed by atoms with Crippen LogP contribution in [0, 0.1) is 17.2 Å². The molecular weight excluding hydrogens is 345 g/mol. The molecule has 3 N–H and O–H groups in total. The molecule has 0 radical (unpaired) electrons. The molecule has 0 saturated heterocycles. The zero-order valence-electron chi connectivity index (χ0n) is 12.8. The number of nitrogens with zero attached hydrogens (tertiary/aromatic N) is 1. The summed E-state index contributed by atoms with van der Waals surface area (Å²) in [4.78, 5) is -0.0494. The first kappa shape index (κ1) is 21.2. The van der Waals surface area contributed by atoms with E-state index in [1.54, 1.807) is 6.92 Å². The largest absolute Gasteiger partial charge is 0.329 e. The molecule has 5 nitrogen and oxygen atoms in total. The quantitative estimate of drug-likeness (QED) is 0.809. The number of benzene rings is 1. The van der Waals surface area contributed by atoms with Gasteiger partial charge >= 0.3 is 0 Å². The number of rotatable bonds is 6. The lowest BCUT2D eigenvalue weighted by Crippen LogP contribution is -2.52. The molecule has 1 aromatic carbocycles. The maximum atomic E-state index is 12.5. The second kappa shape index (κ2) is 8.14. The van der Waals surface area contributed by atoms with Crippen LogP contribution < -0.4 is 10.5 Å². The van der Waals surface area contributed by atoms with Gasteiger partial charge in [0.1, 0.15) is 4.90 Å².